The Morgan fingerprint density at radius 3 is 1.76 bits per heavy atom. The van der Waals surface area contributed by atoms with Gasteiger partial charge in [-0.1, -0.05) is 51.4 Å². The molecule has 1 nitrogen and oxygen atoms in total. The second kappa shape index (κ2) is 9.27. The minimum absolute atomic E-state index is 0.0735. The van der Waals surface area contributed by atoms with E-state index >= 15 is 0 Å². The van der Waals surface area contributed by atoms with Crippen molar-refractivity contribution in [3.8, 4) is 0 Å². The fourth-order valence-electron chi connectivity index (χ4n) is 2.48. The van der Waals surface area contributed by atoms with Gasteiger partial charge in [0, 0.05) is 6.61 Å². The summed E-state index contributed by atoms with van der Waals surface area (Å²) in [7, 11) is 0. The van der Waals surface area contributed by atoms with E-state index in [0.717, 1.165) is 6.61 Å². The van der Waals surface area contributed by atoms with Crippen molar-refractivity contribution in [2.24, 2.45) is 0 Å². The van der Waals surface area contributed by atoms with Gasteiger partial charge in [-0.15, -0.1) is 11.8 Å². The van der Waals surface area contributed by atoms with Gasteiger partial charge in [-0.3, -0.25) is 0 Å². The Bertz CT molecular complexity index is 168. The van der Waals surface area contributed by atoms with Gasteiger partial charge in [-0.2, -0.15) is 0 Å². The number of hydrogen-bond acceptors (Lipinski definition) is 2. The van der Waals surface area contributed by atoms with Crippen LogP contribution in [0.25, 0.3) is 0 Å². The monoisotopic (exact) mass is 258 g/mol. The predicted molar refractivity (Wildman–Crippen MR) is 78.7 cm³/mol. The van der Waals surface area contributed by atoms with E-state index in [2.05, 4.69) is 13.2 Å². The lowest BCUT2D eigenvalue weighted by Gasteiger charge is -2.28. The van der Waals surface area contributed by atoms with Crippen molar-refractivity contribution in [2.45, 2.75) is 82.5 Å². The SMILES string of the molecule is CSC1(C)CCCCCCCCCCCCO1. The van der Waals surface area contributed by atoms with E-state index < -0.39 is 0 Å². The van der Waals surface area contributed by atoms with Gasteiger partial charge in [0.15, 0.2) is 0 Å². The zero-order valence-corrected chi connectivity index (χ0v) is 12.6. The van der Waals surface area contributed by atoms with Crippen molar-refractivity contribution < 1.29 is 4.74 Å². The quantitative estimate of drug-likeness (QED) is 0.624. The highest BCUT2D eigenvalue weighted by Crippen LogP contribution is 2.30. The van der Waals surface area contributed by atoms with Crippen molar-refractivity contribution in [3.63, 3.8) is 0 Å². The smallest absolute Gasteiger partial charge is 0.110 e. The number of ether oxygens (including phenoxy) is 1. The third-order valence-electron chi connectivity index (χ3n) is 3.86. The first-order valence-electron chi connectivity index (χ1n) is 7.46. The lowest BCUT2D eigenvalue weighted by molar-refractivity contribution is 0.0290. The third-order valence-corrected chi connectivity index (χ3v) is 5.05. The largest absolute Gasteiger partial charge is 0.365 e. The highest BCUT2D eigenvalue weighted by atomic mass is 32.2. The van der Waals surface area contributed by atoms with Crippen molar-refractivity contribution in [1.29, 1.82) is 0 Å². The van der Waals surface area contributed by atoms with Gasteiger partial charge < -0.3 is 4.74 Å². The molecule has 0 saturated carbocycles. The summed E-state index contributed by atoms with van der Waals surface area (Å²) < 4.78 is 6.09. The molecule has 0 aromatic carbocycles. The van der Waals surface area contributed by atoms with E-state index in [-0.39, 0.29) is 4.93 Å². The molecule has 1 rings (SSSR count). The molecule has 1 aliphatic heterocycles. The van der Waals surface area contributed by atoms with Crippen LogP contribution in [-0.4, -0.2) is 17.8 Å². The molecular formula is C15H30OS. The fourth-order valence-corrected chi connectivity index (χ4v) is 3.03. The van der Waals surface area contributed by atoms with Crippen LogP contribution >= 0.6 is 11.8 Å². The fraction of sp³-hybridized carbons (Fsp3) is 1.00. The molecule has 17 heavy (non-hydrogen) atoms. The third kappa shape index (κ3) is 7.35. The Morgan fingerprint density at radius 1 is 0.765 bits per heavy atom. The maximum Gasteiger partial charge on any atom is 0.110 e. The Kier molecular flexibility index (Phi) is 8.38. The Balaban J connectivity index is 2.29. The topological polar surface area (TPSA) is 9.23 Å². The van der Waals surface area contributed by atoms with E-state index in [0.29, 0.717) is 0 Å². The van der Waals surface area contributed by atoms with Crippen LogP contribution in [0.3, 0.4) is 0 Å². The van der Waals surface area contributed by atoms with Crippen LogP contribution < -0.4 is 0 Å². The van der Waals surface area contributed by atoms with Crippen LogP contribution in [-0.2, 0) is 4.74 Å². The summed E-state index contributed by atoms with van der Waals surface area (Å²) in [6, 6.07) is 0. The molecule has 0 bridgehead atoms. The van der Waals surface area contributed by atoms with Crippen molar-refractivity contribution >= 4 is 11.8 Å². The van der Waals surface area contributed by atoms with E-state index in [1.54, 1.807) is 0 Å². The van der Waals surface area contributed by atoms with Crippen LogP contribution in [0, 0.1) is 0 Å². The van der Waals surface area contributed by atoms with Crippen LogP contribution in [0.2, 0.25) is 0 Å². The number of thioether (sulfide) groups is 1. The summed E-state index contributed by atoms with van der Waals surface area (Å²) in [6.07, 6.45) is 17.3. The molecule has 0 amide bonds. The summed E-state index contributed by atoms with van der Waals surface area (Å²) in [5.74, 6) is 0. The molecule has 1 heterocycles. The zero-order chi connectivity index (χ0) is 12.4. The number of rotatable bonds is 1. The van der Waals surface area contributed by atoms with E-state index in [1.165, 1.54) is 70.6 Å². The maximum absolute atomic E-state index is 6.09. The van der Waals surface area contributed by atoms with Crippen molar-refractivity contribution in [2.75, 3.05) is 12.9 Å². The van der Waals surface area contributed by atoms with Crippen molar-refractivity contribution in [3.05, 3.63) is 0 Å². The summed E-state index contributed by atoms with van der Waals surface area (Å²) in [6.45, 7) is 3.22. The molecule has 1 atom stereocenters. The van der Waals surface area contributed by atoms with E-state index in [1.807, 2.05) is 11.8 Å². The molecule has 0 spiro atoms. The molecule has 1 fully saturated rings. The average molecular weight is 258 g/mol. The predicted octanol–water partition coefficient (Wildman–Crippen LogP) is 5.39. The molecule has 2 heteroatoms. The minimum atomic E-state index is 0.0735. The average Bonchev–Trinajstić information content (AvgIpc) is 2.34. The molecule has 0 aliphatic carbocycles. The zero-order valence-electron chi connectivity index (χ0n) is 11.8. The molecule has 1 aliphatic rings. The molecule has 0 aromatic rings. The first kappa shape index (κ1) is 15.4. The first-order valence-corrected chi connectivity index (χ1v) is 8.68. The van der Waals surface area contributed by atoms with Gasteiger partial charge >= 0.3 is 0 Å². The van der Waals surface area contributed by atoms with Crippen LogP contribution in [0.4, 0.5) is 0 Å². The Morgan fingerprint density at radius 2 is 1.24 bits per heavy atom. The standard InChI is InChI=1S/C15H30OS/c1-15(17-2)13-11-9-7-5-3-4-6-8-10-12-14-16-15/h3-14H2,1-2H3. The van der Waals surface area contributed by atoms with Gasteiger partial charge in [0.25, 0.3) is 0 Å². The van der Waals surface area contributed by atoms with Crippen LogP contribution in [0.5, 0.6) is 0 Å². The van der Waals surface area contributed by atoms with Gasteiger partial charge in [0.1, 0.15) is 4.93 Å². The molecule has 102 valence electrons. The lowest BCUT2D eigenvalue weighted by atomic mass is 10.0. The van der Waals surface area contributed by atoms with E-state index in [9.17, 15) is 0 Å². The summed E-state index contributed by atoms with van der Waals surface area (Å²) >= 11 is 1.89. The Labute approximate surface area is 112 Å². The highest BCUT2D eigenvalue weighted by molar-refractivity contribution is 7.99. The van der Waals surface area contributed by atoms with Crippen molar-refractivity contribution in [1.82, 2.24) is 0 Å². The van der Waals surface area contributed by atoms with Crippen LogP contribution in [0.15, 0.2) is 0 Å². The Hall–Kier alpha value is 0.310. The summed E-state index contributed by atoms with van der Waals surface area (Å²) in [4.78, 5) is 0.0735. The molecule has 1 unspecified atom stereocenters. The minimum Gasteiger partial charge on any atom is -0.365 e. The molecule has 1 saturated heterocycles. The first-order chi connectivity index (χ1) is 8.27. The molecular weight excluding hydrogens is 228 g/mol. The maximum atomic E-state index is 6.09. The summed E-state index contributed by atoms with van der Waals surface area (Å²) in [5, 5.41) is 0. The molecule has 0 aromatic heterocycles. The number of hydrogen-bond donors (Lipinski definition) is 0. The van der Waals surface area contributed by atoms with Gasteiger partial charge in [0.2, 0.25) is 0 Å². The molecule has 0 N–H and O–H groups in total. The van der Waals surface area contributed by atoms with Gasteiger partial charge in [-0.05, 0) is 32.4 Å². The van der Waals surface area contributed by atoms with E-state index in [4.69, 9.17) is 4.74 Å². The van der Waals surface area contributed by atoms with Gasteiger partial charge in [-0.25, -0.2) is 0 Å². The normalized spacial score (nSPS) is 30.7. The summed E-state index contributed by atoms with van der Waals surface area (Å²) in [5.41, 5.74) is 0. The lowest BCUT2D eigenvalue weighted by Crippen LogP contribution is -2.24. The van der Waals surface area contributed by atoms with Gasteiger partial charge in [0.05, 0.1) is 0 Å². The van der Waals surface area contributed by atoms with Crippen LogP contribution in [0.1, 0.15) is 77.6 Å². The highest BCUT2D eigenvalue weighted by Gasteiger charge is 2.22. The second-order valence-electron chi connectivity index (χ2n) is 5.47. The molecule has 0 radical (unpaired) electrons. The second-order valence-corrected chi connectivity index (χ2v) is 6.74.